The Labute approximate surface area is 153 Å². The van der Waals surface area contributed by atoms with Crippen molar-refractivity contribution in [2.75, 3.05) is 14.2 Å². The third-order valence-corrected chi connectivity index (χ3v) is 3.75. The highest BCUT2D eigenvalue weighted by Crippen LogP contribution is 2.27. The number of hydrogen-bond donors (Lipinski definition) is 3. The maximum absolute atomic E-state index is 12.0. The number of cyclic esters (lactones) is 1. The Bertz CT molecular complexity index is 756. The van der Waals surface area contributed by atoms with Crippen LogP contribution in [0.5, 0.6) is 11.5 Å². The number of hydrogen-bond acceptors (Lipinski definition) is 10. The second-order valence-corrected chi connectivity index (χ2v) is 5.48. The number of aliphatic hydroxyl groups is 2. The SMILES string of the molecule is COC(=O)C(O)C1OC(=O)C(O)C1OC(=O)C=Cc1ccc(O)c(OC)c1. The van der Waals surface area contributed by atoms with Gasteiger partial charge in [0.2, 0.25) is 0 Å². The van der Waals surface area contributed by atoms with Crippen LogP contribution in [0.4, 0.5) is 0 Å². The number of esters is 3. The zero-order valence-corrected chi connectivity index (χ0v) is 14.4. The second-order valence-electron chi connectivity index (χ2n) is 5.48. The van der Waals surface area contributed by atoms with E-state index in [4.69, 9.17) is 14.2 Å². The van der Waals surface area contributed by atoms with Gasteiger partial charge in [-0.1, -0.05) is 6.07 Å². The number of phenols is 1. The van der Waals surface area contributed by atoms with Crippen molar-refractivity contribution in [2.24, 2.45) is 0 Å². The van der Waals surface area contributed by atoms with Crippen LogP contribution in [0.3, 0.4) is 0 Å². The summed E-state index contributed by atoms with van der Waals surface area (Å²) in [5.74, 6) is -3.12. The molecule has 1 fully saturated rings. The highest BCUT2D eigenvalue weighted by molar-refractivity contribution is 5.88. The molecule has 0 radical (unpaired) electrons. The van der Waals surface area contributed by atoms with Crippen LogP contribution in [-0.2, 0) is 28.6 Å². The molecule has 0 aromatic heterocycles. The molecular weight excluding hydrogens is 364 g/mol. The molecule has 1 heterocycles. The Balaban J connectivity index is 2.10. The van der Waals surface area contributed by atoms with Crippen molar-refractivity contribution in [1.29, 1.82) is 0 Å². The summed E-state index contributed by atoms with van der Waals surface area (Å²) in [7, 11) is 2.37. The topological polar surface area (TPSA) is 149 Å². The van der Waals surface area contributed by atoms with Crippen LogP contribution in [0.1, 0.15) is 5.56 Å². The fourth-order valence-electron chi connectivity index (χ4n) is 2.35. The molecule has 1 aromatic rings. The van der Waals surface area contributed by atoms with Gasteiger partial charge in [0.15, 0.2) is 35.9 Å². The molecule has 1 aliphatic rings. The molecule has 0 aliphatic carbocycles. The van der Waals surface area contributed by atoms with E-state index < -0.39 is 42.3 Å². The van der Waals surface area contributed by atoms with E-state index >= 15 is 0 Å². The first-order valence-electron chi connectivity index (χ1n) is 7.68. The van der Waals surface area contributed by atoms with Gasteiger partial charge >= 0.3 is 17.9 Å². The van der Waals surface area contributed by atoms with E-state index in [0.29, 0.717) is 5.56 Å². The zero-order valence-electron chi connectivity index (χ0n) is 14.4. The van der Waals surface area contributed by atoms with Crippen molar-refractivity contribution in [1.82, 2.24) is 0 Å². The minimum Gasteiger partial charge on any atom is -0.504 e. The van der Waals surface area contributed by atoms with E-state index in [2.05, 4.69) is 4.74 Å². The molecule has 4 unspecified atom stereocenters. The first kappa shape index (κ1) is 20.2. The average molecular weight is 382 g/mol. The van der Waals surface area contributed by atoms with Gasteiger partial charge in [0.1, 0.15) is 0 Å². The Morgan fingerprint density at radius 1 is 1.30 bits per heavy atom. The number of carbonyl (C=O) groups is 3. The van der Waals surface area contributed by atoms with E-state index in [-0.39, 0.29) is 11.5 Å². The number of phenolic OH excluding ortho intramolecular Hbond substituents is 1. The van der Waals surface area contributed by atoms with E-state index in [1.807, 2.05) is 0 Å². The second kappa shape index (κ2) is 8.52. The predicted octanol–water partition coefficient (Wildman–Crippen LogP) is -0.854. The normalized spacial score (nSPS) is 23.0. The van der Waals surface area contributed by atoms with Crippen molar-refractivity contribution in [3.05, 3.63) is 29.8 Å². The van der Waals surface area contributed by atoms with Gasteiger partial charge in [-0.15, -0.1) is 0 Å². The van der Waals surface area contributed by atoms with E-state index in [1.54, 1.807) is 0 Å². The minimum absolute atomic E-state index is 0.0818. The number of ether oxygens (including phenoxy) is 4. The maximum Gasteiger partial charge on any atom is 0.339 e. The van der Waals surface area contributed by atoms with Crippen LogP contribution < -0.4 is 4.74 Å². The Kier molecular flexibility index (Phi) is 6.37. The van der Waals surface area contributed by atoms with Gasteiger partial charge < -0.3 is 34.3 Å². The van der Waals surface area contributed by atoms with Gasteiger partial charge in [-0.2, -0.15) is 0 Å². The van der Waals surface area contributed by atoms with E-state index in [9.17, 15) is 29.7 Å². The zero-order chi connectivity index (χ0) is 20.1. The molecule has 1 aliphatic heterocycles. The Morgan fingerprint density at radius 3 is 2.63 bits per heavy atom. The number of carbonyl (C=O) groups excluding carboxylic acids is 3. The fourth-order valence-corrected chi connectivity index (χ4v) is 2.35. The van der Waals surface area contributed by atoms with Crippen molar-refractivity contribution < 1.29 is 48.7 Å². The predicted molar refractivity (Wildman–Crippen MR) is 87.5 cm³/mol. The third-order valence-electron chi connectivity index (χ3n) is 3.75. The van der Waals surface area contributed by atoms with Crippen molar-refractivity contribution in [3.63, 3.8) is 0 Å². The summed E-state index contributed by atoms with van der Waals surface area (Å²) in [6, 6.07) is 4.32. The summed E-state index contributed by atoms with van der Waals surface area (Å²) in [4.78, 5) is 34.9. The molecule has 0 amide bonds. The molecule has 2 rings (SSSR count). The van der Waals surface area contributed by atoms with Crippen LogP contribution in [-0.4, -0.2) is 71.9 Å². The molecule has 0 saturated carbocycles. The maximum atomic E-state index is 12.0. The first-order valence-corrected chi connectivity index (χ1v) is 7.68. The molecule has 1 aromatic carbocycles. The third kappa shape index (κ3) is 4.54. The van der Waals surface area contributed by atoms with Crippen LogP contribution in [0.25, 0.3) is 6.08 Å². The monoisotopic (exact) mass is 382 g/mol. The highest BCUT2D eigenvalue weighted by atomic mass is 16.6. The van der Waals surface area contributed by atoms with Crippen LogP contribution >= 0.6 is 0 Å². The van der Waals surface area contributed by atoms with Gasteiger partial charge in [-0.05, 0) is 23.8 Å². The lowest BCUT2D eigenvalue weighted by atomic mass is 10.1. The number of benzene rings is 1. The lowest BCUT2D eigenvalue weighted by Gasteiger charge is -2.21. The summed E-state index contributed by atoms with van der Waals surface area (Å²) < 4.78 is 18.9. The summed E-state index contributed by atoms with van der Waals surface area (Å²) >= 11 is 0. The van der Waals surface area contributed by atoms with Gasteiger partial charge in [-0.3, -0.25) is 0 Å². The lowest BCUT2D eigenvalue weighted by Crippen LogP contribution is -2.45. The fraction of sp³-hybridized carbons (Fsp3) is 0.353. The quantitative estimate of drug-likeness (QED) is 0.322. The molecule has 1 saturated heterocycles. The van der Waals surface area contributed by atoms with Crippen LogP contribution in [0, 0.1) is 0 Å². The van der Waals surface area contributed by atoms with Crippen molar-refractivity contribution >= 4 is 24.0 Å². The molecule has 0 spiro atoms. The minimum atomic E-state index is -1.93. The molecule has 3 N–H and O–H groups in total. The van der Waals surface area contributed by atoms with E-state index in [1.165, 1.54) is 31.4 Å². The van der Waals surface area contributed by atoms with Crippen LogP contribution in [0.2, 0.25) is 0 Å². The largest absolute Gasteiger partial charge is 0.504 e. The summed E-state index contributed by atoms with van der Waals surface area (Å²) in [5.41, 5.74) is 0.493. The Morgan fingerprint density at radius 2 is 2.00 bits per heavy atom. The molecule has 27 heavy (non-hydrogen) atoms. The van der Waals surface area contributed by atoms with Crippen molar-refractivity contribution in [2.45, 2.75) is 24.4 Å². The molecule has 4 atom stereocenters. The number of aromatic hydroxyl groups is 1. The van der Waals surface area contributed by atoms with E-state index in [0.717, 1.165) is 13.2 Å². The summed E-state index contributed by atoms with van der Waals surface area (Å²) in [5, 5.41) is 29.1. The summed E-state index contributed by atoms with van der Waals surface area (Å²) in [6.07, 6.45) is -4.67. The van der Waals surface area contributed by atoms with Gasteiger partial charge in [0.05, 0.1) is 14.2 Å². The standard InChI is InChI=1S/C17H18O10/c1-24-10-7-8(3-5-9(10)18)4-6-11(19)26-14-13(21)17(23)27-15(14)12(20)16(22)25-2/h3-7,12-15,18,20-21H,1-2H3. The number of methoxy groups -OCH3 is 2. The smallest absolute Gasteiger partial charge is 0.339 e. The van der Waals surface area contributed by atoms with Gasteiger partial charge in [-0.25, -0.2) is 14.4 Å². The first-order chi connectivity index (χ1) is 12.8. The molecule has 146 valence electrons. The Hall–Kier alpha value is -3.11. The molecule has 10 nitrogen and oxygen atoms in total. The molecule has 0 bridgehead atoms. The number of rotatable bonds is 6. The van der Waals surface area contributed by atoms with Gasteiger partial charge in [0, 0.05) is 6.08 Å². The molecular formula is C17H18O10. The summed E-state index contributed by atoms with van der Waals surface area (Å²) in [6.45, 7) is 0. The lowest BCUT2D eigenvalue weighted by molar-refractivity contribution is -0.169. The van der Waals surface area contributed by atoms with Gasteiger partial charge in [0.25, 0.3) is 0 Å². The van der Waals surface area contributed by atoms with Crippen molar-refractivity contribution in [3.8, 4) is 11.5 Å². The molecule has 10 heteroatoms. The number of aliphatic hydroxyl groups excluding tert-OH is 2. The highest BCUT2D eigenvalue weighted by Gasteiger charge is 2.51. The average Bonchev–Trinajstić information content (AvgIpc) is 2.94. The van der Waals surface area contributed by atoms with Crippen LogP contribution in [0.15, 0.2) is 24.3 Å².